The lowest BCUT2D eigenvalue weighted by molar-refractivity contribution is 0.101. The highest BCUT2D eigenvalue weighted by molar-refractivity contribution is 9.10. The highest BCUT2D eigenvalue weighted by Gasteiger charge is 2.13. The van der Waals surface area contributed by atoms with Crippen LogP contribution in [0.3, 0.4) is 0 Å². The first-order valence-corrected chi connectivity index (χ1v) is 9.01. The van der Waals surface area contributed by atoms with Gasteiger partial charge in [0.05, 0.1) is 11.3 Å². The molecule has 3 aromatic carbocycles. The maximum absolute atomic E-state index is 12.4. The molecule has 0 aliphatic carbocycles. The summed E-state index contributed by atoms with van der Waals surface area (Å²) in [4.78, 5) is 24.7. The van der Waals surface area contributed by atoms with Gasteiger partial charge >= 0.3 is 0 Å². The molecule has 6 heteroatoms. The molecule has 5 nitrogen and oxygen atoms in total. The van der Waals surface area contributed by atoms with Gasteiger partial charge in [-0.3, -0.25) is 9.59 Å². The molecule has 0 spiro atoms. The fourth-order valence-electron chi connectivity index (χ4n) is 2.58. The van der Waals surface area contributed by atoms with Crippen LogP contribution in [0, 0.1) is 6.92 Å². The molecule has 0 aliphatic rings. The first-order chi connectivity index (χ1) is 13.0. The Morgan fingerprint density at radius 2 is 1.48 bits per heavy atom. The van der Waals surface area contributed by atoms with Crippen LogP contribution in [-0.2, 0) is 0 Å². The lowest BCUT2D eigenvalue weighted by Gasteiger charge is -2.11. The van der Waals surface area contributed by atoms with E-state index in [0.717, 1.165) is 5.56 Å². The van der Waals surface area contributed by atoms with Crippen molar-refractivity contribution in [1.82, 2.24) is 0 Å². The van der Waals surface area contributed by atoms with Crippen molar-refractivity contribution in [2.45, 2.75) is 6.92 Å². The van der Waals surface area contributed by atoms with Crippen LogP contribution < -0.4 is 10.6 Å². The van der Waals surface area contributed by atoms with Gasteiger partial charge in [0.2, 0.25) is 0 Å². The van der Waals surface area contributed by atoms with Gasteiger partial charge in [0, 0.05) is 21.8 Å². The largest absolute Gasteiger partial charge is 0.506 e. The topological polar surface area (TPSA) is 78.4 Å². The van der Waals surface area contributed by atoms with Gasteiger partial charge in [-0.2, -0.15) is 0 Å². The van der Waals surface area contributed by atoms with E-state index < -0.39 is 0 Å². The lowest BCUT2D eigenvalue weighted by atomic mass is 10.1. The van der Waals surface area contributed by atoms with Crippen molar-refractivity contribution in [3.8, 4) is 5.75 Å². The zero-order valence-corrected chi connectivity index (χ0v) is 16.1. The summed E-state index contributed by atoms with van der Waals surface area (Å²) in [5.41, 5.74) is 2.54. The van der Waals surface area contributed by atoms with Crippen LogP contribution in [-0.4, -0.2) is 16.9 Å². The molecule has 0 atom stereocenters. The van der Waals surface area contributed by atoms with Gasteiger partial charge in [-0.05, 0) is 58.7 Å². The van der Waals surface area contributed by atoms with Crippen LogP contribution >= 0.6 is 15.9 Å². The molecule has 0 saturated carbocycles. The lowest BCUT2D eigenvalue weighted by Crippen LogP contribution is -2.14. The van der Waals surface area contributed by atoms with Crippen molar-refractivity contribution in [2.75, 3.05) is 10.6 Å². The van der Waals surface area contributed by atoms with Gasteiger partial charge in [-0.15, -0.1) is 0 Å². The second kappa shape index (κ2) is 8.05. The maximum Gasteiger partial charge on any atom is 0.256 e. The molecule has 0 saturated heterocycles. The third-order valence-corrected chi connectivity index (χ3v) is 4.70. The fourth-order valence-corrected chi connectivity index (χ4v) is 3.04. The Morgan fingerprint density at radius 3 is 2.15 bits per heavy atom. The Hall–Kier alpha value is -3.12. The summed E-state index contributed by atoms with van der Waals surface area (Å²) in [6, 6.07) is 18.8. The Morgan fingerprint density at radius 1 is 0.852 bits per heavy atom. The maximum atomic E-state index is 12.4. The van der Waals surface area contributed by atoms with Gasteiger partial charge in [-0.1, -0.05) is 30.3 Å². The van der Waals surface area contributed by atoms with Gasteiger partial charge < -0.3 is 15.7 Å². The smallest absolute Gasteiger partial charge is 0.256 e. The van der Waals surface area contributed by atoms with Crippen molar-refractivity contribution in [2.24, 2.45) is 0 Å². The second-order valence-corrected chi connectivity index (χ2v) is 6.79. The molecular weight excluding hydrogens is 408 g/mol. The molecule has 0 heterocycles. The Balaban J connectivity index is 1.74. The minimum absolute atomic E-state index is 0.137. The van der Waals surface area contributed by atoms with E-state index in [1.807, 2.05) is 25.1 Å². The van der Waals surface area contributed by atoms with E-state index >= 15 is 0 Å². The number of carbonyl (C=O) groups excluding carboxylic acids is 2. The summed E-state index contributed by atoms with van der Waals surface area (Å²) >= 11 is 3.33. The molecule has 3 rings (SSSR count). The highest BCUT2D eigenvalue weighted by atomic mass is 79.9. The summed E-state index contributed by atoms with van der Waals surface area (Å²) in [5.74, 6) is -0.756. The predicted octanol–water partition coefficient (Wildman–Crippen LogP) is 4.97. The molecule has 0 fully saturated rings. The van der Waals surface area contributed by atoms with E-state index in [2.05, 4.69) is 26.6 Å². The Kier molecular flexibility index (Phi) is 5.57. The van der Waals surface area contributed by atoms with Crippen molar-refractivity contribution >= 4 is 39.1 Å². The minimum Gasteiger partial charge on any atom is -0.506 e. The third kappa shape index (κ3) is 4.35. The first-order valence-electron chi connectivity index (χ1n) is 8.21. The molecule has 27 heavy (non-hydrogen) atoms. The molecule has 0 aliphatic heterocycles. The number of aryl methyl sites for hydroxylation is 1. The number of nitrogens with one attached hydrogen (secondary N) is 2. The SMILES string of the molecule is Cc1ccccc1C(=O)Nc1ccc(NC(=O)c2ccccc2Br)cc1O. The number of phenolic OH excluding ortho intramolecular Hbond substituents is 1. The first kappa shape index (κ1) is 18.7. The summed E-state index contributed by atoms with van der Waals surface area (Å²) in [7, 11) is 0. The third-order valence-electron chi connectivity index (χ3n) is 4.01. The van der Waals surface area contributed by atoms with Crippen LogP contribution in [0.15, 0.2) is 71.2 Å². The number of carbonyl (C=O) groups is 2. The fraction of sp³-hybridized carbons (Fsp3) is 0.0476. The van der Waals surface area contributed by atoms with Crippen LogP contribution in [0.5, 0.6) is 5.75 Å². The molecular formula is C21H17BrN2O3. The highest BCUT2D eigenvalue weighted by Crippen LogP contribution is 2.28. The molecule has 0 aromatic heterocycles. The van der Waals surface area contributed by atoms with Crippen LogP contribution in [0.25, 0.3) is 0 Å². The average Bonchev–Trinajstić information content (AvgIpc) is 2.64. The number of phenols is 1. The number of amides is 2. The molecule has 2 amide bonds. The van der Waals surface area contributed by atoms with E-state index in [-0.39, 0.29) is 23.3 Å². The van der Waals surface area contributed by atoms with E-state index in [9.17, 15) is 14.7 Å². The number of anilines is 2. The van der Waals surface area contributed by atoms with Crippen molar-refractivity contribution in [3.63, 3.8) is 0 Å². The number of aromatic hydroxyl groups is 1. The van der Waals surface area contributed by atoms with Gasteiger partial charge in [0.15, 0.2) is 0 Å². The zero-order chi connectivity index (χ0) is 19.4. The van der Waals surface area contributed by atoms with Crippen molar-refractivity contribution in [3.05, 3.63) is 87.9 Å². The molecule has 0 bridgehead atoms. The number of rotatable bonds is 4. The molecule has 0 radical (unpaired) electrons. The number of hydrogen-bond acceptors (Lipinski definition) is 3. The predicted molar refractivity (Wildman–Crippen MR) is 109 cm³/mol. The monoisotopic (exact) mass is 424 g/mol. The van der Waals surface area contributed by atoms with Gasteiger partial charge in [-0.25, -0.2) is 0 Å². The minimum atomic E-state index is -0.312. The quantitative estimate of drug-likeness (QED) is 0.517. The zero-order valence-electron chi connectivity index (χ0n) is 14.5. The van der Waals surface area contributed by atoms with E-state index in [1.54, 1.807) is 42.5 Å². The summed E-state index contributed by atoms with van der Waals surface area (Å²) < 4.78 is 0.675. The van der Waals surface area contributed by atoms with Crippen LogP contribution in [0.1, 0.15) is 26.3 Å². The summed E-state index contributed by atoms with van der Waals surface area (Å²) in [6.07, 6.45) is 0. The molecule has 0 unspecified atom stereocenters. The number of hydrogen-bond donors (Lipinski definition) is 3. The number of benzene rings is 3. The summed E-state index contributed by atoms with van der Waals surface area (Å²) in [5, 5.41) is 15.6. The van der Waals surface area contributed by atoms with Gasteiger partial charge in [0.25, 0.3) is 11.8 Å². The van der Waals surface area contributed by atoms with E-state index in [4.69, 9.17) is 0 Å². The molecule has 136 valence electrons. The summed E-state index contributed by atoms with van der Waals surface area (Å²) in [6.45, 7) is 1.84. The van der Waals surface area contributed by atoms with Crippen molar-refractivity contribution in [1.29, 1.82) is 0 Å². The standard InChI is InChI=1S/C21H17BrN2O3/c1-13-6-2-3-7-15(13)20(26)24-18-11-10-14(12-19(18)25)23-21(27)16-8-4-5-9-17(16)22/h2-12,25H,1H3,(H,23,27)(H,24,26). The normalized spacial score (nSPS) is 10.3. The van der Waals surface area contributed by atoms with Crippen molar-refractivity contribution < 1.29 is 14.7 Å². The van der Waals surface area contributed by atoms with E-state index in [0.29, 0.717) is 21.3 Å². The average molecular weight is 425 g/mol. The molecule has 3 aromatic rings. The van der Waals surface area contributed by atoms with E-state index in [1.165, 1.54) is 6.07 Å². The Bertz CT molecular complexity index is 1020. The number of halogens is 1. The van der Waals surface area contributed by atoms with Crippen LogP contribution in [0.4, 0.5) is 11.4 Å². The van der Waals surface area contributed by atoms with Crippen LogP contribution in [0.2, 0.25) is 0 Å². The Labute approximate surface area is 165 Å². The van der Waals surface area contributed by atoms with Gasteiger partial charge in [0.1, 0.15) is 5.75 Å². The second-order valence-electron chi connectivity index (χ2n) is 5.93. The molecule has 3 N–H and O–H groups in total.